The molecule has 0 aromatic carbocycles. The van der Waals surface area contributed by atoms with E-state index < -0.39 is 5.60 Å². The van der Waals surface area contributed by atoms with E-state index in [0.29, 0.717) is 30.4 Å². The number of likely N-dealkylation sites (tertiary alicyclic amines) is 1. The first-order valence-corrected chi connectivity index (χ1v) is 7.45. The lowest BCUT2D eigenvalue weighted by molar-refractivity contribution is 0.0289. The Morgan fingerprint density at radius 1 is 1.59 bits per heavy atom. The van der Waals surface area contributed by atoms with E-state index in [9.17, 15) is 4.79 Å². The molecule has 1 aromatic rings. The molecule has 0 spiro atoms. The molecule has 1 atom stereocenters. The number of ether oxygens (including phenoxy) is 1. The highest BCUT2D eigenvalue weighted by molar-refractivity contribution is 5.68. The number of anilines is 1. The summed E-state index contributed by atoms with van der Waals surface area (Å²) in [4.78, 5) is 17.9. The van der Waals surface area contributed by atoms with Crippen LogP contribution in [0.2, 0.25) is 0 Å². The Morgan fingerprint density at radius 3 is 3.05 bits per heavy atom. The molecule has 0 saturated carbocycles. The second kappa shape index (κ2) is 6.65. The summed E-state index contributed by atoms with van der Waals surface area (Å²) in [6.45, 7) is 7.73. The Morgan fingerprint density at radius 2 is 2.36 bits per heavy atom. The largest absolute Gasteiger partial charge is 0.444 e. The molecule has 2 heterocycles. The van der Waals surface area contributed by atoms with E-state index >= 15 is 0 Å². The van der Waals surface area contributed by atoms with Crippen molar-refractivity contribution in [3.05, 3.63) is 23.9 Å². The van der Waals surface area contributed by atoms with Gasteiger partial charge in [0, 0.05) is 25.8 Å². The first-order chi connectivity index (χ1) is 10.4. The molecule has 1 aliphatic heterocycles. The molecule has 1 saturated heterocycles. The van der Waals surface area contributed by atoms with Crippen LogP contribution in [-0.2, 0) is 4.74 Å². The van der Waals surface area contributed by atoms with Crippen molar-refractivity contribution in [1.82, 2.24) is 9.88 Å². The Labute approximate surface area is 131 Å². The van der Waals surface area contributed by atoms with Gasteiger partial charge < -0.3 is 15.0 Å². The van der Waals surface area contributed by atoms with Gasteiger partial charge in [0.15, 0.2) is 0 Å². The Bertz CT molecular complexity index is 574. The smallest absolute Gasteiger partial charge is 0.410 e. The molecule has 118 valence electrons. The zero-order valence-corrected chi connectivity index (χ0v) is 13.3. The quantitative estimate of drug-likeness (QED) is 0.928. The highest BCUT2D eigenvalue weighted by Gasteiger charge is 2.29. The molecule has 0 aliphatic carbocycles. The van der Waals surface area contributed by atoms with Crippen molar-refractivity contribution in [3.63, 3.8) is 0 Å². The first-order valence-electron chi connectivity index (χ1n) is 7.45. The number of aromatic nitrogens is 1. The van der Waals surface area contributed by atoms with Crippen LogP contribution in [0.3, 0.4) is 0 Å². The third kappa shape index (κ3) is 4.62. The maximum absolute atomic E-state index is 12.0. The average molecular weight is 302 g/mol. The molecular weight excluding hydrogens is 280 g/mol. The van der Waals surface area contributed by atoms with E-state index in [4.69, 9.17) is 10.00 Å². The van der Waals surface area contributed by atoms with Crippen molar-refractivity contribution in [2.45, 2.75) is 32.8 Å². The number of carbonyl (C=O) groups excluding carboxylic acids is 1. The molecule has 0 bridgehead atoms. The van der Waals surface area contributed by atoms with Gasteiger partial charge >= 0.3 is 6.09 Å². The Kier molecular flexibility index (Phi) is 4.86. The van der Waals surface area contributed by atoms with Crippen LogP contribution in [0, 0.1) is 17.2 Å². The summed E-state index contributed by atoms with van der Waals surface area (Å²) in [5.41, 5.74) is 0.119. The molecule has 0 unspecified atom stereocenters. The normalized spacial score (nSPS) is 17.9. The van der Waals surface area contributed by atoms with Gasteiger partial charge in [0.2, 0.25) is 0 Å². The minimum atomic E-state index is -0.463. The second-order valence-corrected chi connectivity index (χ2v) is 6.50. The van der Waals surface area contributed by atoms with Gasteiger partial charge in [-0.25, -0.2) is 9.78 Å². The van der Waals surface area contributed by atoms with Crippen molar-refractivity contribution in [3.8, 4) is 6.07 Å². The minimum absolute atomic E-state index is 0.250. The van der Waals surface area contributed by atoms with Crippen LogP contribution in [0.4, 0.5) is 10.6 Å². The third-order valence-corrected chi connectivity index (χ3v) is 3.40. The number of hydrogen-bond acceptors (Lipinski definition) is 5. The van der Waals surface area contributed by atoms with Crippen molar-refractivity contribution in [2.75, 3.05) is 25.0 Å². The molecule has 1 fully saturated rings. The van der Waals surface area contributed by atoms with Crippen LogP contribution in [0.1, 0.15) is 32.8 Å². The molecule has 1 amide bonds. The maximum Gasteiger partial charge on any atom is 0.410 e. The molecule has 6 heteroatoms. The van der Waals surface area contributed by atoms with Crippen molar-refractivity contribution in [2.24, 2.45) is 5.92 Å². The fraction of sp³-hybridized carbons (Fsp3) is 0.562. The monoisotopic (exact) mass is 302 g/mol. The molecule has 0 radical (unpaired) electrons. The maximum atomic E-state index is 12.0. The van der Waals surface area contributed by atoms with Crippen molar-refractivity contribution >= 4 is 11.9 Å². The molecular formula is C16H22N4O2. The van der Waals surface area contributed by atoms with Gasteiger partial charge in [0.25, 0.3) is 0 Å². The van der Waals surface area contributed by atoms with E-state index in [1.54, 1.807) is 23.2 Å². The number of amides is 1. The van der Waals surface area contributed by atoms with Gasteiger partial charge in [-0.3, -0.25) is 0 Å². The fourth-order valence-corrected chi connectivity index (χ4v) is 2.34. The lowest BCUT2D eigenvalue weighted by Crippen LogP contribution is -2.35. The van der Waals surface area contributed by atoms with Crippen LogP contribution in [-0.4, -0.2) is 41.2 Å². The lowest BCUT2D eigenvalue weighted by Gasteiger charge is -2.24. The number of nitrogens with one attached hydrogen (secondary N) is 1. The SMILES string of the molecule is CC(C)(C)OC(=O)N1CC[C@@H](CNc2cc(C#N)ccn2)C1. The number of hydrogen-bond donors (Lipinski definition) is 1. The zero-order chi connectivity index (χ0) is 16.2. The molecule has 1 aromatic heterocycles. The minimum Gasteiger partial charge on any atom is -0.444 e. The predicted octanol–water partition coefficient (Wildman–Crippen LogP) is 2.62. The summed E-state index contributed by atoms with van der Waals surface area (Å²) in [6.07, 6.45) is 2.30. The number of nitrogens with zero attached hydrogens (tertiary/aromatic N) is 3. The molecule has 1 aliphatic rings. The van der Waals surface area contributed by atoms with E-state index in [0.717, 1.165) is 13.0 Å². The summed E-state index contributed by atoms with van der Waals surface area (Å²) >= 11 is 0. The summed E-state index contributed by atoms with van der Waals surface area (Å²) in [5, 5.41) is 12.1. The zero-order valence-electron chi connectivity index (χ0n) is 13.3. The van der Waals surface area contributed by atoms with Crippen LogP contribution in [0.15, 0.2) is 18.3 Å². The average Bonchev–Trinajstić information content (AvgIpc) is 2.92. The fourth-order valence-electron chi connectivity index (χ4n) is 2.34. The van der Waals surface area contributed by atoms with Gasteiger partial charge in [0.1, 0.15) is 11.4 Å². The molecule has 22 heavy (non-hydrogen) atoms. The van der Waals surface area contributed by atoms with E-state index in [1.807, 2.05) is 20.8 Å². The van der Waals surface area contributed by atoms with Gasteiger partial charge in [-0.1, -0.05) is 0 Å². The molecule has 1 N–H and O–H groups in total. The standard InChI is InChI=1S/C16H22N4O2/c1-16(2,3)22-15(21)20-7-5-13(11-20)10-19-14-8-12(9-17)4-6-18-14/h4,6,8,13H,5,7,10-11H2,1-3H3,(H,18,19)/t13-/m0/s1. The second-order valence-electron chi connectivity index (χ2n) is 6.50. The van der Waals surface area contributed by atoms with Gasteiger partial charge in [-0.15, -0.1) is 0 Å². The molecule has 6 nitrogen and oxygen atoms in total. The summed E-state index contributed by atoms with van der Waals surface area (Å²) in [7, 11) is 0. The van der Waals surface area contributed by atoms with Crippen LogP contribution < -0.4 is 5.32 Å². The highest BCUT2D eigenvalue weighted by atomic mass is 16.6. The predicted molar refractivity (Wildman–Crippen MR) is 83.4 cm³/mol. The lowest BCUT2D eigenvalue weighted by atomic mass is 10.1. The van der Waals surface area contributed by atoms with Crippen molar-refractivity contribution in [1.29, 1.82) is 5.26 Å². The van der Waals surface area contributed by atoms with Crippen LogP contribution >= 0.6 is 0 Å². The number of carbonyl (C=O) groups is 1. The summed E-state index contributed by atoms with van der Waals surface area (Å²) < 4.78 is 5.38. The number of nitriles is 1. The van der Waals surface area contributed by atoms with Gasteiger partial charge in [-0.2, -0.15) is 5.26 Å². The Hall–Kier alpha value is -2.29. The van der Waals surface area contributed by atoms with E-state index in [2.05, 4.69) is 16.4 Å². The van der Waals surface area contributed by atoms with E-state index in [1.165, 1.54) is 0 Å². The third-order valence-electron chi connectivity index (χ3n) is 3.40. The van der Waals surface area contributed by atoms with Crippen LogP contribution in [0.25, 0.3) is 0 Å². The topological polar surface area (TPSA) is 78.2 Å². The number of rotatable bonds is 3. The highest BCUT2D eigenvalue weighted by Crippen LogP contribution is 2.20. The van der Waals surface area contributed by atoms with Gasteiger partial charge in [0.05, 0.1) is 11.6 Å². The van der Waals surface area contributed by atoms with E-state index in [-0.39, 0.29) is 6.09 Å². The van der Waals surface area contributed by atoms with Crippen molar-refractivity contribution < 1.29 is 9.53 Å². The summed E-state index contributed by atoms with van der Waals surface area (Å²) in [6, 6.07) is 5.48. The Balaban J connectivity index is 1.81. The first kappa shape index (κ1) is 16.1. The van der Waals surface area contributed by atoms with Gasteiger partial charge in [-0.05, 0) is 45.2 Å². The van der Waals surface area contributed by atoms with Crippen LogP contribution in [0.5, 0.6) is 0 Å². The number of pyridine rings is 1. The molecule has 2 rings (SSSR count). The summed E-state index contributed by atoms with van der Waals surface area (Å²) in [5.74, 6) is 1.05.